The van der Waals surface area contributed by atoms with Gasteiger partial charge in [-0.15, -0.1) is 0 Å². The summed E-state index contributed by atoms with van der Waals surface area (Å²) in [5, 5.41) is 4.68. The topological polar surface area (TPSA) is 105 Å². The van der Waals surface area contributed by atoms with E-state index >= 15 is 0 Å². The zero-order chi connectivity index (χ0) is 20.7. The molecule has 1 aliphatic rings. The van der Waals surface area contributed by atoms with Crippen LogP contribution in [0.15, 0.2) is 24.3 Å². The Hall–Kier alpha value is -2.90. The Labute approximate surface area is 164 Å². The number of hydrogen-bond acceptors (Lipinski definition) is 5. The molecule has 1 fully saturated rings. The molecule has 152 valence electrons. The maximum atomic E-state index is 12.2. The molecule has 2 rings (SSSR count). The van der Waals surface area contributed by atoms with Gasteiger partial charge in [-0.05, 0) is 37.5 Å². The van der Waals surface area contributed by atoms with Crippen LogP contribution in [0.25, 0.3) is 0 Å². The number of carbonyl (C=O) groups is 4. The highest BCUT2D eigenvalue weighted by Gasteiger charge is 2.36. The predicted octanol–water partition coefficient (Wildman–Crippen LogP) is 1.77. The van der Waals surface area contributed by atoms with E-state index in [1.807, 2.05) is 45.0 Å². The maximum absolute atomic E-state index is 12.2. The number of anilines is 1. The lowest BCUT2D eigenvalue weighted by Crippen LogP contribution is -2.44. The number of rotatable bonds is 7. The number of hydrogen-bond donors (Lipinski definition) is 2. The first-order valence-electron chi connectivity index (χ1n) is 9.50. The highest BCUT2D eigenvalue weighted by Crippen LogP contribution is 2.26. The Balaban J connectivity index is 1.82. The van der Waals surface area contributed by atoms with E-state index in [2.05, 4.69) is 10.6 Å². The van der Waals surface area contributed by atoms with Crippen molar-refractivity contribution in [1.82, 2.24) is 10.6 Å². The molecule has 1 aromatic rings. The summed E-state index contributed by atoms with van der Waals surface area (Å²) in [6, 6.07) is 6.90. The number of esters is 1. The van der Waals surface area contributed by atoms with E-state index in [1.54, 1.807) is 4.90 Å². The average Bonchev–Trinajstić information content (AvgIpc) is 3.07. The highest BCUT2D eigenvalue weighted by atomic mass is 16.5. The summed E-state index contributed by atoms with van der Waals surface area (Å²) in [6.45, 7) is 5.40. The molecule has 8 heteroatoms. The molecule has 2 N–H and O–H groups in total. The van der Waals surface area contributed by atoms with Crippen molar-refractivity contribution >= 4 is 29.5 Å². The van der Waals surface area contributed by atoms with Gasteiger partial charge in [-0.1, -0.05) is 26.0 Å². The number of aryl methyl sites for hydroxylation is 1. The lowest BCUT2D eigenvalue weighted by molar-refractivity contribution is -0.152. The number of urea groups is 1. The monoisotopic (exact) mass is 389 g/mol. The van der Waals surface area contributed by atoms with Crippen molar-refractivity contribution in [2.75, 3.05) is 18.1 Å². The zero-order valence-corrected chi connectivity index (χ0v) is 16.5. The number of nitrogens with zero attached hydrogens (tertiary/aromatic N) is 1. The van der Waals surface area contributed by atoms with Crippen molar-refractivity contribution in [3.8, 4) is 0 Å². The SMILES string of the molecule is CCc1ccc(N2C[C@H](C(=O)OCC(=O)NC(=O)N[C@@H](C)CC)CC2=O)cc1. The molecule has 1 saturated heterocycles. The van der Waals surface area contributed by atoms with Gasteiger partial charge in [-0.2, -0.15) is 0 Å². The van der Waals surface area contributed by atoms with Crippen molar-refractivity contribution in [3.63, 3.8) is 0 Å². The van der Waals surface area contributed by atoms with Gasteiger partial charge in [-0.3, -0.25) is 19.7 Å². The third kappa shape index (κ3) is 5.80. The fraction of sp³-hybridized carbons (Fsp3) is 0.500. The van der Waals surface area contributed by atoms with E-state index < -0.39 is 30.4 Å². The molecule has 0 unspecified atom stereocenters. The largest absolute Gasteiger partial charge is 0.455 e. The van der Waals surface area contributed by atoms with Crippen LogP contribution < -0.4 is 15.5 Å². The Kier molecular flexibility index (Phi) is 7.54. The van der Waals surface area contributed by atoms with Gasteiger partial charge in [-0.25, -0.2) is 4.79 Å². The summed E-state index contributed by atoms with van der Waals surface area (Å²) in [5.41, 5.74) is 1.90. The van der Waals surface area contributed by atoms with Gasteiger partial charge in [0.1, 0.15) is 0 Å². The number of nitrogens with one attached hydrogen (secondary N) is 2. The van der Waals surface area contributed by atoms with E-state index in [-0.39, 0.29) is 24.9 Å². The summed E-state index contributed by atoms with van der Waals surface area (Å²) >= 11 is 0. The van der Waals surface area contributed by atoms with E-state index in [0.717, 1.165) is 24.1 Å². The minimum Gasteiger partial charge on any atom is -0.455 e. The molecule has 28 heavy (non-hydrogen) atoms. The molecule has 8 nitrogen and oxygen atoms in total. The first-order valence-corrected chi connectivity index (χ1v) is 9.50. The molecule has 0 bridgehead atoms. The number of carbonyl (C=O) groups excluding carboxylic acids is 4. The first kappa shape index (κ1) is 21.4. The van der Waals surface area contributed by atoms with Crippen LogP contribution in [-0.4, -0.2) is 43.0 Å². The smallest absolute Gasteiger partial charge is 0.321 e. The Morgan fingerprint density at radius 1 is 1.21 bits per heavy atom. The lowest BCUT2D eigenvalue weighted by atomic mass is 10.1. The summed E-state index contributed by atoms with van der Waals surface area (Å²) < 4.78 is 4.98. The Morgan fingerprint density at radius 3 is 2.50 bits per heavy atom. The van der Waals surface area contributed by atoms with E-state index in [9.17, 15) is 19.2 Å². The van der Waals surface area contributed by atoms with Crippen LogP contribution in [0.3, 0.4) is 0 Å². The van der Waals surface area contributed by atoms with Gasteiger partial charge >= 0.3 is 12.0 Å². The van der Waals surface area contributed by atoms with Crippen LogP contribution in [0.1, 0.15) is 39.2 Å². The third-order valence-corrected chi connectivity index (χ3v) is 4.70. The average molecular weight is 389 g/mol. The molecule has 1 aromatic carbocycles. The minimum absolute atomic E-state index is 0.0322. The molecule has 1 heterocycles. The fourth-order valence-corrected chi connectivity index (χ4v) is 2.81. The third-order valence-electron chi connectivity index (χ3n) is 4.70. The first-order chi connectivity index (χ1) is 13.3. The summed E-state index contributed by atoms with van der Waals surface area (Å²) in [5.74, 6) is -2.15. The molecule has 2 atom stereocenters. The van der Waals surface area contributed by atoms with E-state index in [1.165, 1.54) is 0 Å². The molecule has 0 radical (unpaired) electrons. The van der Waals surface area contributed by atoms with Crippen LogP contribution in [0.4, 0.5) is 10.5 Å². The molecule has 0 saturated carbocycles. The second-order valence-corrected chi connectivity index (χ2v) is 6.86. The quantitative estimate of drug-likeness (QED) is 0.692. The second kappa shape index (κ2) is 9.87. The summed E-state index contributed by atoms with van der Waals surface area (Å²) in [4.78, 5) is 49.3. The van der Waals surface area contributed by atoms with Gasteiger partial charge in [0.2, 0.25) is 5.91 Å². The van der Waals surface area contributed by atoms with E-state index in [0.29, 0.717) is 0 Å². The van der Waals surface area contributed by atoms with Crippen LogP contribution in [0, 0.1) is 5.92 Å². The molecule has 0 aliphatic carbocycles. The predicted molar refractivity (Wildman–Crippen MR) is 104 cm³/mol. The fourth-order valence-electron chi connectivity index (χ4n) is 2.81. The molecule has 0 spiro atoms. The summed E-state index contributed by atoms with van der Waals surface area (Å²) in [7, 11) is 0. The molecule has 1 aliphatic heterocycles. The minimum atomic E-state index is -0.717. The van der Waals surface area contributed by atoms with Crippen molar-refractivity contribution in [3.05, 3.63) is 29.8 Å². The van der Waals surface area contributed by atoms with Gasteiger partial charge in [0, 0.05) is 24.7 Å². The van der Waals surface area contributed by atoms with Crippen LogP contribution in [-0.2, 0) is 25.5 Å². The number of amides is 4. The summed E-state index contributed by atoms with van der Waals surface area (Å²) in [6.07, 6.45) is 1.66. The maximum Gasteiger partial charge on any atom is 0.321 e. The lowest BCUT2D eigenvalue weighted by Gasteiger charge is -2.17. The number of benzene rings is 1. The van der Waals surface area contributed by atoms with Crippen molar-refractivity contribution in [1.29, 1.82) is 0 Å². The molecular formula is C20H27N3O5. The molecule has 4 amide bonds. The van der Waals surface area contributed by atoms with Crippen LogP contribution >= 0.6 is 0 Å². The van der Waals surface area contributed by atoms with Gasteiger partial charge in [0.05, 0.1) is 5.92 Å². The van der Waals surface area contributed by atoms with Crippen LogP contribution in [0.2, 0.25) is 0 Å². The van der Waals surface area contributed by atoms with Gasteiger partial charge < -0.3 is 15.0 Å². The molecular weight excluding hydrogens is 362 g/mol. The zero-order valence-electron chi connectivity index (χ0n) is 16.5. The normalized spacial score (nSPS) is 17.2. The van der Waals surface area contributed by atoms with Gasteiger partial charge in [0.25, 0.3) is 5.91 Å². The van der Waals surface area contributed by atoms with Gasteiger partial charge in [0.15, 0.2) is 6.61 Å². The second-order valence-electron chi connectivity index (χ2n) is 6.86. The Morgan fingerprint density at radius 2 is 1.89 bits per heavy atom. The van der Waals surface area contributed by atoms with Crippen molar-refractivity contribution < 1.29 is 23.9 Å². The number of ether oxygens (including phenoxy) is 1. The molecule has 0 aromatic heterocycles. The van der Waals surface area contributed by atoms with Crippen molar-refractivity contribution in [2.45, 2.75) is 46.1 Å². The Bertz CT molecular complexity index is 732. The number of imide groups is 1. The van der Waals surface area contributed by atoms with Crippen LogP contribution in [0.5, 0.6) is 0 Å². The van der Waals surface area contributed by atoms with Crippen molar-refractivity contribution in [2.24, 2.45) is 5.92 Å². The van der Waals surface area contributed by atoms with E-state index in [4.69, 9.17) is 4.74 Å². The highest BCUT2D eigenvalue weighted by molar-refractivity contribution is 6.00. The standard InChI is InChI=1S/C20H27N3O5/c1-4-13(3)21-20(27)22-17(24)12-28-19(26)15-10-18(25)23(11-15)16-8-6-14(5-2)7-9-16/h6-9,13,15H,4-5,10-12H2,1-3H3,(H2,21,22,24,27)/t13-,15+/m0/s1.